The summed E-state index contributed by atoms with van der Waals surface area (Å²) in [5, 5.41) is 11.3. The molecule has 0 unspecified atom stereocenters. The van der Waals surface area contributed by atoms with Crippen molar-refractivity contribution in [1.82, 2.24) is 20.9 Å². The number of aromatic nitrogens is 1. The molecule has 3 aromatic rings. The zero-order chi connectivity index (χ0) is 32.1. The SMILES string of the molecule is CC(C)Cc1sc(N(C(=O)OC(C)(C)C)c2ccsc2C(=O)NCCNC(=O)NC(C)(C)C)nc1-c1ccc(Cl)c(Cl)c1. The third-order valence-electron chi connectivity index (χ3n) is 5.52. The second-order valence-electron chi connectivity index (χ2n) is 12.3. The normalized spacial score (nSPS) is 11.8. The van der Waals surface area contributed by atoms with E-state index in [-0.39, 0.29) is 30.6 Å². The van der Waals surface area contributed by atoms with Gasteiger partial charge in [-0.15, -0.1) is 22.7 Å². The van der Waals surface area contributed by atoms with Crippen LogP contribution < -0.4 is 20.9 Å². The Morgan fingerprint density at radius 3 is 2.28 bits per heavy atom. The topological polar surface area (TPSA) is 113 Å². The number of hydrogen-bond acceptors (Lipinski definition) is 7. The van der Waals surface area contributed by atoms with Crippen molar-refractivity contribution in [3.8, 4) is 11.3 Å². The zero-order valence-corrected chi connectivity index (χ0v) is 28.8. The van der Waals surface area contributed by atoms with Crippen LogP contribution in [-0.4, -0.2) is 47.2 Å². The molecule has 0 fully saturated rings. The van der Waals surface area contributed by atoms with E-state index in [1.54, 1.807) is 44.4 Å². The first kappa shape index (κ1) is 34.6. The number of hydrogen-bond donors (Lipinski definition) is 3. The summed E-state index contributed by atoms with van der Waals surface area (Å²) in [4.78, 5) is 46.6. The van der Waals surface area contributed by atoms with Crippen LogP contribution >= 0.6 is 45.9 Å². The second kappa shape index (κ2) is 14.3. The first-order valence-electron chi connectivity index (χ1n) is 13.8. The van der Waals surface area contributed by atoms with Crippen molar-refractivity contribution in [2.75, 3.05) is 18.0 Å². The largest absolute Gasteiger partial charge is 0.443 e. The molecule has 43 heavy (non-hydrogen) atoms. The average molecular weight is 669 g/mol. The van der Waals surface area contributed by atoms with Crippen LogP contribution in [0.5, 0.6) is 0 Å². The number of carbonyl (C=O) groups excluding carboxylic acids is 3. The maximum Gasteiger partial charge on any atom is 0.421 e. The average Bonchev–Trinajstić information content (AvgIpc) is 3.49. The van der Waals surface area contributed by atoms with Gasteiger partial charge in [0.05, 0.1) is 21.4 Å². The van der Waals surface area contributed by atoms with Crippen molar-refractivity contribution in [3.05, 3.63) is 49.4 Å². The predicted molar refractivity (Wildman–Crippen MR) is 177 cm³/mol. The van der Waals surface area contributed by atoms with Gasteiger partial charge in [-0.1, -0.05) is 43.1 Å². The summed E-state index contributed by atoms with van der Waals surface area (Å²) in [5.41, 5.74) is 0.623. The highest BCUT2D eigenvalue weighted by Crippen LogP contribution is 2.41. The van der Waals surface area contributed by atoms with Crippen LogP contribution in [0.15, 0.2) is 29.6 Å². The van der Waals surface area contributed by atoms with E-state index in [9.17, 15) is 14.4 Å². The van der Waals surface area contributed by atoms with Crippen molar-refractivity contribution in [2.24, 2.45) is 5.92 Å². The fourth-order valence-electron chi connectivity index (χ4n) is 3.87. The van der Waals surface area contributed by atoms with Gasteiger partial charge in [0.15, 0.2) is 5.13 Å². The number of carbonyl (C=O) groups is 3. The highest BCUT2D eigenvalue weighted by atomic mass is 35.5. The summed E-state index contributed by atoms with van der Waals surface area (Å²) in [6, 6.07) is 6.68. The number of ether oxygens (including phenoxy) is 1. The van der Waals surface area contributed by atoms with Crippen LogP contribution in [0, 0.1) is 5.92 Å². The van der Waals surface area contributed by atoms with Crippen molar-refractivity contribution in [3.63, 3.8) is 0 Å². The lowest BCUT2D eigenvalue weighted by atomic mass is 10.0. The monoisotopic (exact) mass is 667 g/mol. The van der Waals surface area contributed by atoms with E-state index in [1.165, 1.54) is 27.6 Å². The Kier molecular flexibility index (Phi) is 11.5. The number of amides is 4. The fourth-order valence-corrected chi connectivity index (χ4v) is 6.25. The van der Waals surface area contributed by atoms with Gasteiger partial charge in [0.1, 0.15) is 10.5 Å². The van der Waals surface area contributed by atoms with Gasteiger partial charge < -0.3 is 20.7 Å². The lowest BCUT2D eigenvalue weighted by Gasteiger charge is -2.26. The number of rotatable bonds is 9. The molecule has 2 aromatic heterocycles. The molecule has 0 saturated heterocycles. The molecular weight excluding hydrogens is 629 g/mol. The molecule has 0 spiro atoms. The quantitative estimate of drug-likeness (QED) is 0.199. The van der Waals surface area contributed by atoms with E-state index < -0.39 is 11.7 Å². The Labute approximate surface area is 271 Å². The third kappa shape index (κ3) is 10.1. The van der Waals surface area contributed by atoms with Gasteiger partial charge in [-0.2, -0.15) is 0 Å². The number of nitrogens with one attached hydrogen (secondary N) is 3. The first-order chi connectivity index (χ1) is 19.9. The minimum atomic E-state index is -0.794. The van der Waals surface area contributed by atoms with Crippen LogP contribution in [0.3, 0.4) is 0 Å². The van der Waals surface area contributed by atoms with Gasteiger partial charge in [0, 0.05) is 29.1 Å². The zero-order valence-electron chi connectivity index (χ0n) is 25.7. The molecule has 9 nitrogen and oxygen atoms in total. The highest BCUT2D eigenvalue weighted by molar-refractivity contribution is 7.16. The molecule has 234 valence electrons. The number of urea groups is 1. The summed E-state index contributed by atoms with van der Waals surface area (Å²) in [6.45, 7) is 15.6. The summed E-state index contributed by atoms with van der Waals surface area (Å²) in [5.74, 6) is -0.0772. The molecule has 3 N–H and O–H groups in total. The van der Waals surface area contributed by atoms with Crippen LogP contribution in [0.2, 0.25) is 10.0 Å². The number of anilines is 2. The van der Waals surface area contributed by atoms with Crippen LogP contribution in [0.4, 0.5) is 20.4 Å². The molecule has 2 heterocycles. The van der Waals surface area contributed by atoms with E-state index in [4.69, 9.17) is 32.9 Å². The molecule has 3 rings (SSSR count). The highest BCUT2D eigenvalue weighted by Gasteiger charge is 2.32. The maximum absolute atomic E-state index is 13.7. The van der Waals surface area contributed by atoms with Gasteiger partial charge in [0.2, 0.25) is 0 Å². The van der Waals surface area contributed by atoms with E-state index in [1.807, 2.05) is 26.8 Å². The van der Waals surface area contributed by atoms with Crippen molar-refractivity contribution in [1.29, 1.82) is 0 Å². The lowest BCUT2D eigenvalue weighted by Crippen LogP contribution is -2.48. The molecule has 0 aliphatic heterocycles. The third-order valence-corrected chi connectivity index (χ3v) is 8.22. The van der Waals surface area contributed by atoms with Gasteiger partial charge in [-0.3, -0.25) is 4.79 Å². The Balaban J connectivity index is 1.96. The molecule has 0 aliphatic rings. The summed E-state index contributed by atoms with van der Waals surface area (Å²) in [7, 11) is 0. The Bertz CT molecular complexity index is 1460. The number of thiazole rings is 1. The standard InChI is InChI=1S/C30H39Cl2N5O4S2/c1-17(2)15-22-23(18-9-10-19(31)20(32)16-18)35-27(43-22)37(28(40)41-30(6,7)8)21-11-14-42-24(21)25(38)33-12-13-34-26(39)36-29(3,4)5/h9-11,14,16-17H,12-13,15H2,1-8H3,(H,33,38)(H2,34,36,39). The molecule has 0 bridgehead atoms. The Morgan fingerprint density at radius 2 is 1.67 bits per heavy atom. The van der Waals surface area contributed by atoms with E-state index >= 15 is 0 Å². The van der Waals surface area contributed by atoms with Crippen molar-refractivity contribution in [2.45, 2.75) is 73.0 Å². The summed E-state index contributed by atoms with van der Waals surface area (Å²) in [6.07, 6.45) is 0.0494. The number of nitrogens with zero attached hydrogens (tertiary/aromatic N) is 2. The maximum atomic E-state index is 13.7. The van der Waals surface area contributed by atoms with Crippen LogP contribution in [0.25, 0.3) is 11.3 Å². The lowest BCUT2D eigenvalue weighted by molar-refractivity contribution is 0.0599. The van der Waals surface area contributed by atoms with Crippen LogP contribution in [-0.2, 0) is 11.2 Å². The predicted octanol–water partition coefficient (Wildman–Crippen LogP) is 8.28. The Morgan fingerprint density at radius 1 is 1.00 bits per heavy atom. The van der Waals surface area contributed by atoms with Gasteiger partial charge >= 0.3 is 12.1 Å². The van der Waals surface area contributed by atoms with E-state index in [2.05, 4.69) is 29.8 Å². The molecular formula is C30H39Cl2N5O4S2. The van der Waals surface area contributed by atoms with Crippen molar-refractivity contribution < 1.29 is 19.1 Å². The molecule has 0 radical (unpaired) electrons. The molecule has 0 saturated carbocycles. The fraction of sp³-hybridized carbons (Fsp3) is 0.467. The van der Waals surface area contributed by atoms with Gasteiger partial charge in [-0.25, -0.2) is 19.5 Å². The molecule has 0 atom stereocenters. The Hall–Kier alpha value is -2.86. The minimum absolute atomic E-state index is 0.192. The summed E-state index contributed by atoms with van der Waals surface area (Å²) >= 11 is 15.1. The molecule has 1 aromatic carbocycles. The number of halogens is 2. The van der Waals surface area contributed by atoms with E-state index in [0.29, 0.717) is 43.8 Å². The molecule has 4 amide bonds. The van der Waals surface area contributed by atoms with Crippen LogP contribution in [0.1, 0.15) is 69.9 Å². The number of thiophene rings is 1. The van der Waals surface area contributed by atoms with Crippen molar-refractivity contribution >= 4 is 74.7 Å². The second-order valence-corrected chi connectivity index (χ2v) is 15.1. The summed E-state index contributed by atoms with van der Waals surface area (Å²) < 4.78 is 5.78. The van der Waals surface area contributed by atoms with Gasteiger partial charge in [-0.05, 0) is 77.5 Å². The van der Waals surface area contributed by atoms with Gasteiger partial charge in [0.25, 0.3) is 5.91 Å². The first-order valence-corrected chi connectivity index (χ1v) is 16.3. The smallest absolute Gasteiger partial charge is 0.421 e. The minimum Gasteiger partial charge on any atom is -0.443 e. The molecule has 13 heteroatoms. The number of benzene rings is 1. The molecule has 0 aliphatic carbocycles. The van der Waals surface area contributed by atoms with E-state index in [0.717, 1.165) is 10.4 Å².